The summed E-state index contributed by atoms with van der Waals surface area (Å²) < 4.78 is 0. The predicted molar refractivity (Wildman–Crippen MR) is 89.0 cm³/mol. The Morgan fingerprint density at radius 1 is 1.38 bits per heavy atom. The van der Waals surface area contributed by atoms with Crippen molar-refractivity contribution in [2.45, 2.75) is 11.5 Å². The number of hydrogen-bond donors (Lipinski definition) is 6. The summed E-state index contributed by atoms with van der Waals surface area (Å²) in [6.07, 6.45) is 0. The molecule has 1 unspecified atom stereocenters. The Kier molecular flexibility index (Phi) is 4.68. The maximum Gasteiger partial charge on any atom is 0.153 e. The Morgan fingerprint density at radius 3 is 2.71 bits per heavy atom. The summed E-state index contributed by atoms with van der Waals surface area (Å²) in [5.74, 6) is 7.09. The molecule has 11 N–H and O–H groups in total. The molecular formula is C12H19BrN8. The molecule has 0 saturated heterocycles. The average molecular weight is 355 g/mol. The van der Waals surface area contributed by atoms with E-state index in [-0.39, 0.29) is 0 Å². The van der Waals surface area contributed by atoms with Crippen LogP contribution in [0.5, 0.6) is 0 Å². The van der Waals surface area contributed by atoms with Gasteiger partial charge in [0.25, 0.3) is 0 Å². The summed E-state index contributed by atoms with van der Waals surface area (Å²) in [7, 11) is 0. The lowest BCUT2D eigenvalue weighted by molar-refractivity contribution is 0.773. The number of aliphatic imine (C=N–C) groups is 1. The monoisotopic (exact) mass is 354 g/mol. The number of benzene rings is 1. The van der Waals surface area contributed by atoms with Gasteiger partial charge in [0, 0.05) is 12.2 Å². The fourth-order valence-corrected chi connectivity index (χ4v) is 2.47. The maximum atomic E-state index is 6.16. The lowest BCUT2D eigenvalue weighted by atomic mass is 10.1. The van der Waals surface area contributed by atoms with Crippen molar-refractivity contribution >= 4 is 33.1 Å². The standard InChI is InChI=1S/C12H19BrN8/c13-10(16)9-11(17)19-5-20-12(9)21(18)7-1-2-8(15)6(3-7)4-14/h1-3,10,19H,4-5,14-18H2. The lowest BCUT2D eigenvalue weighted by Gasteiger charge is -2.28. The van der Waals surface area contributed by atoms with Crippen molar-refractivity contribution in [3.63, 3.8) is 0 Å². The number of alkyl halides is 1. The third-order valence-electron chi connectivity index (χ3n) is 3.16. The second-order valence-corrected chi connectivity index (χ2v) is 5.49. The van der Waals surface area contributed by atoms with Gasteiger partial charge in [-0.3, -0.25) is 5.01 Å². The van der Waals surface area contributed by atoms with Crippen molar-refractivity contribution in [1.82, 2.24) is 5.32 Å². The molecular weight excluding hydrogens is 336 g/mol. The van der Waals surface area contributed by atoms with Gasteiger partial charge in [0.2, 0.25) is 0 Å². The molecule has 0 aliphatic carbocycles. The molecule has 1 heterocycles. The molecule has 2 rings (SSSR count). The maximum absolute atomic E-state index is 6.16. The molecule has 0 bridgehead atoms. The van der Waals surface area contributed by atoms with Crippen LogP contribution >= 0.6 is 15.9 Å². The van der Waals surface area contributed by atoms with E-state index in [1.165, 1.54) is 5.01 Å². The number of rotatable bonds is 3. The minimum atomic E-state index is -0.488. The smallest absolute Gasteiger partial charge is 0.153 e. The van der Waals surface area contributed by atoms with Crippen molar-refractivity contribution in [2.75, 3.05) is 17.4 Å². The first-order valence-electron chi connectivity index (χ1n) is 6.27. The minimum absolute atomic E-state index is 0.324. The molecule has 1 aliphatic heterocycles. The van der Waals surface area contributed by atoms with E-state index in [0.29, 0.717) is 41.8 Å². The molecule has 0 amide bonds. The van der Waals surface area contributed by atoms with Crippen LogP contribution in [0.2, 0.25) is 0 Å². The molecule has 0 aromatic heterocycles. The Morgan fingerprint density at radius 2 is 2.10 bits per heavy atom. The summed E-state index contributed by atoms with van der Waals surface area (Å²) in [5, 5.41) is 4.34. The SMILES string of the molecule is NCc1cc(N(N)C2=NCNC(N)=C2C(N)Br)ccc1N. The molecule has 0 spiro atoms. The van der Waals surface area contributed by atoms with Crippen LogP contribution in [0.1, 0.15) is 5.56 Å². The van der Waals surface area contributed by atoms with E-state index in [1.54, 1.807) is 12.1 Å². The average Bonchev–Trinajstić information content (AvgIpc) is 2.46. The first-order chi connectivity index (χ1) is 9.95. The Hall–Kier alpha value is -1.81. The van der Waals surface area contributed by atoms with Gasteiger partial charge in [-0.2, -0.15) is 0 Å². The highest BCUT2D eigenvalue weighted by molar-refractivity contribution is 9.09. The fourth-order valence-electron chi connectivity index (χ4n) is 2.02. The molecule has 9 heteroatoms. The molecule has 8 nitrogen and oxygen atoms in total. The summed E-state index contributed by atoms with van der Waals surface area (Å²) in [6.45, 7) is 0.654. The molecule has 114 valence electrons. The second kappa shape index (κ2) is 6.31. The van der Waals surface area contributed by atoms with Crippen LogP contribution in [0.25, 0.3) is 0 Å². The van der Waals surface area contributed by atoms with Gasteiger partial charge in [0.05, 0.1) is 16.2 Å². The number of nitrogen functional groups attached to an aromatic ring is 1. The van der Waals surface area contributed by atoms with E-state index in [1.807, 2.05) is 6.07 Å². The highest BCUT2D eigenvalue weighted by Gasteiger charge is 2.25. The number of amidine groups is 1. The molecule has 0 radical (unpaired) electrons. The third-order valence-corrected chi connectivity index (χ3v) is 3.62. The molecule has 0 saturated carbocycles. The van der Waals surface area contributed by atoms with Gasteiger partial charge < -0.3 is 28.3 Å². The molecule has 21 heavy (non-hydrogen) atoms. The van der Waals surface area contributed by atoms with Crippen LogP contribution < -0.4 is 39.1 Å². The van der Waals surface area contributed by atoms with Crippen LogP contribution in [0, 0.1) is 0 Å². The zero-order chi connectivity index (χ0) is 15.6. The van der Waals surface area contributed by atoms with Crippen LogP contribution in [0.4, 0.5) is 11.4 Å². The van der Waals surface area contributed by atoms with Crippen LogP contribution in [0.15, 0.2) is 34.6 Å². The number of halogens is 1. The fraction of sp³-hybridized carbons (Fsp3) is 0.250. The normalized spacial score (nSPS) is 16.3. The van der Waals surface area contributed by atoms with Gasteiger partial charge in [-0.1, -0.05) is 15.9 Å². The zero-order valence-electron chi connectivity index (χ0n) is 11.4. The van der Waals surface area contributed by atoms with E-state index in [4.69, 9.17) is 28.8 Å². The second-order valence-electron chi connectivity index (χ2n) is 4.50. The largest absolute Gasteiger partial charge is 0.398 e. The van der Waals surface area contributed by atoms with E-state index < -0.39 is 4.95 Å². The molecule has 0 fully saturated rings. The Bertz CT molecular complexity index is 595. The summed E-state index contributed by atoms with van der Waals surface area (Å²) in [4.78, 5) is 3.84. The van der Waals surface area contributed by atoms with Crippen LogP contribution in [-0.4, -0.2) is 17.5 Å². The molecule has 1 aromatic carbocycles. The van der Waals surface area contributed by atoms with Crippen molar-refractivity contribution in [2.24, 2.45) is 28.0 Å². The Labute approximate surface area is 131 Å². The number of hydrogen-bond acceptors (Lipinski definition) is 8. The molecule has 1 aliphatic rings. The van der Waals surface area contributed by atoms with E-state index in [9.17, 15) is 0 Å². The number of nitrogens with zero attached hydrogens (tertiary/aromatic N) is 2. The summed E-state index contributed by atoms with van der Waals surface area (Å²) >= 11 is 3.29. The molecule has 1 atom stereocenters. The number of nitrogens with one attached hydrogen (secondary N) is 1. The predicted octanol–water partition coefficient (Wildman–Crippen LogP) is -0.783. The van der Waals surface area contributed by atoms with Crippen molar-refractivity contribution in [3.05, 3.63) is 35.2 Å². The highest BCUT2D eigenvalue weighted by atomic mass is 79.9. The third kappa shape index (κ3) is 3.10. The topological polar surface area (TPSA) is 158 Å². The highest BCUT2D eigenvalue weighted by Crippen LogP contribution is 2.23. The van der Waals surface area contributed by atoms with Crippen molar-refractivity contribution in [1.29, 1.82) is 0 Å². The quantitative estimate of drug-likeness (QED) is 0.136. The molecule has 1 aromatic rings. The number of anilines is 2. The van der Waals surface area contributed by atoms with Gasteiger partial charge in [0.15, 0.2) is 5.84 Å². The first-order valence-corrected chi connectivity index (χ1v) is 7.18. The van der Waals surface area contributed by atoms with E-state index in [2.05, 4.69) is 26.2 Å². The Balaban J connectivity index is 2.39. The van der Waals surface area contributed by atoms with Gasteiger partial charge in [-0.15, -0.1) is 0 Å². The summed E-state index contributed by atoms with van der Waals surface area (Å²) in [5.41, 5.74) is 26.0. The summed E-state index contributed by atoms with van der Waals surface area (Å²) in [6, 6.07) is 5.35. The number of nitrogens with two attached hydrogens (primary N) is 5. The minimum Gasteiger partial charge on any atom is -0.398 e. The van der Waals surface area contributed by atoms with Gasteiger partial charge >= 0.3 is 0 Å². The van der Waals surface area contributed by atoms with Gasteiger partial charge in [-0.25, -0.2) is 10.8 Å². The van der Waals surface area contributed by atoms with Crippen molar-refractivity contribution < 1.29 is 0 Å². The van der Waals surface area contributed by atoms with Gasteiger partial charge in [-0.05, 0) is 23.8 Å². The van der Waals surface area contributed by atoms with Gasteiger partial charge in [0.1, 0.15) is 12.5 Å². The first kappa shape index (κ1) is 15.6. The van der Waals surface area contributed by atoms with Crippen molar-refractivity contribution in [3.8, 4) is 0 Å². The van der Waals surface area contributed by atoms with Crippen LogP contribution in [0.3, 0.4) is 0 Å². The lowest BCUT2D eigenvalue weighted by Crippen LogP contribution is -2.47. The van der Waals surface area contributed by atoms with Crippen LogP contribution in [-0.2, 0) is 6.54 Å². The van der Waals surface area contributed by atoms with E-state index in [0.717, 1.165) is 5.56 Å². The van der Waals surface area contributed by atoms with E-state index >= 15 is 0 Å². The number of hydrazine groups is 1. The zero-order valence-corrected chi connectivity index (χ0v) is 13.0.